The molecule has 0 radical (unpaired) electrons. The van der Waals surface area contributed by atoms with E-state index < -0.39 is 5.41 Å². The summed E-state index contributed by atoms with van der Waals surface area (Å²) in [6.07, 6.45) is 0. The van der Waals surface area contributed by atoms with E-state index in [-0.39, 0.29) is 5.41 Å². The Bertz CT molecular complexity index is 4350. The standard InChI is InChI=1S/C74H52N2O.C2H6/c1-73(2)67-46-50(39-41-62(67)64-42-38-49-22-15-16-31-59(49)71(64)73)51-44-57(75(54-27-11-5-12-28-54)55-29-13-6-14-30-55)47-58(45-51)76(69-36-21-34-65-63-33-18-20-37-70(63)77-72(65)69)56-40-43-61-60-32-17-19-35-66(60)74(68(61)48-56,52-23-7-3-8-24-52)53-25-9-4-10-26-53;1-2/h3-48H,1-2H3;1-2H3. The zero-order chi connectivity index (χ0) is 53.2. The molecule has 0 saturated heterocycles. The second-order valence-electron chi connectivity index (χ2n) is 21.2. The van der Waals surface area contributed by atoms with Crippen LogP contribution in [0.5, 0.6) is 0 Å². The third-order valence-corrected chi connectivity index (χ3v) is 16.6. The van der Waals surface area contributed by atoms with Crippen molar-refractivity contribution in [3.8, 4) is 33.4 Å². The topological polar surface area (TPSA) is 19.6 Å². The smallest absolute Gasteiger partial charge is 0.159 e. The van der Waals surface area contributed by atoms with Gasteiger partial charge in [-0.1, -0.05) is 234 Å². The Labute approximate surface area is 462 Å². The van der Waals surface area contributed by atoms with Gasteiger partial charge in [-0.05, 0) is 150 Å². The fourth-order valence-electron chi connectivity index (χ4n) is 13.3. The second-order valence-corrected chi connectivity index (χ2v) is 21.2. The van der Waals surface area contributed by atoms with Crippen molar-refractivity contribution in [1.82, 2.24) is 0 Å². The van der Waals surface area contributed by atoms with Gasteiger partial charge in [0.15, 0.2) is 5.58 Å². The van der Waals surface area contributed by atoms with E-state index in [0.717, 1.165) is 67.2 Å². The Morgan fingerprint density at radius 3 is 1.58 bits per heavy atom. The molecule has 13 aromatic rings. The van der Waals surface area contributed by atoms with E-state index in [4.69, 9.17) is 4.42 Å². The van der Waals surface area contributed by atoms with Crippen LogP contribution in [0.25, 0.3) is 66.1 Å². The third kappa shape index (κ3) is 7.48. The number of hydrogen-bond acceptors (Lipinski definition) is 3. The summed E-state index contributed by atoms with van der Waals surface area (Å²) in [5.41, 5.74) is 22.0. The molecule has 1 aromatic heterocycles. The lowest BCUT2D eigenvalue weighted by Crippen LogP contribution is -2.28. The third-order valence-electron chi connectivity index (χ3n) is 16.6. The van der Waals surface area contributed by atoms with Gasteiger partial charge in [0.05, 0.1) is 11.1 Å². The van der Waals surface area contributed by atoms with Crippen LogP contribution in [0.2, 0.25) is 0 Å². The van der Waals surface area contributed by atoms with E-state index in [0.29, 0.717) is 0 Å². The Hall–Kier alpha value is -9.70. The molecule has 1 heterocycles. The van der Waals surface area contributed by atoms with Crippen LogP contribution in [0.4, 0.5) is 34.1 Å². The molecule has 378 valence electrons. The Morgan fingerprint density at radius 2 is 0.873 bits per heavy atom. The summed E-state index contributed by atoms with van der Waals surface area (Å²) in [4.78, 5) is 4.84. The van der Waals surface area contributed by atoms with Crippen LogP contribution in [0.3, 0.4) is 0 Å². The molecule has 0 unspecified atom stereocenters. The first-order valence-corrected chi connectivity index (χ1v) is 27.7. The van der Waals surface area contributed by atoms with Crippen molar-refractivity contribution in [2.24, 2.45) is 0 Å². The average Bonchev–Trinajstić information content (AvgIpc) is 4.25. The maximum absolute atomic E-state index is 7.04. The number of hydrogen-bond donors (Lipinski definition) is 0. The molecule has 2 aliphatic carbocycles. The predicted octanol–water partition coefficient (Wildman–Crippen LogP) is 21.0. The van der Waals surface area contributed by atoms with Gasteiger partial charge >= 0.3 is 0 Å². The fraction of sp³-hybridized carbons (Fsp3) is 0.0789. The highest BCUT2D eigenvalue weighted by molar-refractivity contribution is 6.11. The average molecular weight is 1020 g/mol. The number of para-hydroxylation sites is 4. The van der Waals surface area contributed by atoms with Crippen molar-refractivity contribution in [3.63, 3.8) is 0 Å². The summed E-state index contributed by atoms with van der Waals surface area (Å²) >= 11 is 0. The maximum atomic E-state index is 7.04. The van der Waals surface area contributed by atoms with Crippen LogP contribution in [-0.2, 0) is 10.8 Å². The summed E-state index contributed by atoms with van der Waals surface area (Å²) in [5.74, 6) is 0. The number of anilines is 6. The number of benzene rings is 12. The number of rotatable bonds is 9. The molecular formula is C76H58N2O. The van der Waals surface area contributed by atoms with Gasteiger partial charge < -0.3 is 14.2 Å². The first kappa shape index (κ1) is 47.7. The monoisotopic (exact) mass is 1010 g/mol. The fourth-order valence-corrected chi connectivity index (χ4v) is 13.3. The highest BCUT2D eigenvalue weighted by atomic mass is 16.3. The molecule has 3 heteroatoms. The maximum Gasteiger partial charge on any atom is 0.159 e. The van der Waals surface area contributed by atoms with Crippen LogP contribution < -0.4 is 9.80 Å². The van der Waals surface area contributed by atoms with Gasteiger partial charge in [0.2, 0.25) is 0 Å². The normalized spacial score (nSPS) is 13.3. The van der Waals surface area contributed by atoms with Crippen molar-refractivity contribution in [1.29, 1.82) is 0 Å². The van der Waals surface area contributed by atoms with Gasteiger partial charge in [0.1, 0.15) is 5.58 Å². The van der Waals surface area contributed by atoms with Gasteiger partial charge in [-0.3, -0.25) is 0 Å². The first-order chi connectivity index (χ1) is 38.9. The summed E-state index contributed by atoms with van der Waals surface area (Å²) in [6.45, 7) is 8.80. The molecule has 2 aliphatic rings. The summed E-state index contributed by atoms with van der Waals surface area (Å²) < 4.78 is 7.04. The van der Waals surface area contributed by atoms with Crippen LogP contribution in [0, 0.1) is 0 Å². The molecule has 3 nitrogen and oxygen atoms in total. The van der Waals surface area contributed by atoms with E-state index >= 15 is 0 Å². The van der Waals surface area contributed by atoms with Gasteiger partial charge in [0.25, 0.3) is 0 Å². The quantitative estimate of drug-likeness (QED) is 0.144. The number of nitrogens with zero attached hydrogens (tertiary/aromatic N) is 2. The molecule has 0 atom stereocenters. The molecule has 15 rings (SSSR count). The predicted molar refractivity (Wildman–Crippen MR) is 332 cm³/mol. The molecule has 12 aromatic carbocycles. The molecule has 0 saturated carbocycles. The lowest BCUT2D eigenvalue weighted by Gasteiger charge is -2.35. The number of fused-ring (bicyclic) bond motifs is 11. The van der Waals surface area contributed by atoms with Crippen LogP contribution >= 0.6 is 0 Å². The molecule has 79 heavy (non-hydrogen) atoms. The van der Waals surface area contributed by atoms with Gasteiger partial charge in [-0.15, -0.1) is 0 Å². The Kier molecular flexibility index (Phi) is 11.5. The minimum absolute atomic E-state index is 0.239. The highest BCUT2D eigenvalue weighted by Gasteiger charge is 2.46. The van der Waals surface area contributed by atoms with Crippen molar-refractivity contribution in [2.45, 2.75) is 38.5 Å². The van der Waals surface area contributed by atoms with E-state index in [1.165, 1.54) is 66.4 Å². The Morgan fingerprint density at radius 1 is 0.329 bits per heavy atom. The minimum Gasteiger partial charge on any atom is -0.454 e. The summed E-state index contributed by atoms with van der Waals surface area (Å²) in [5, 5.41) is 4.74. The zero-order valence-electron chi connectivity index (χ0n) is 44.9. The first-order valence-electron chi connectivity index (χ1n) is 27.7. The molecule has 0 fully saturated rings. The van der Waals surface area contributed by atoms with Crippen molar-refractivity contribution < 1.29 is 4.42 Å². The molecule has 0 N–H and O–H groups in total. The largest absolute Gasteiger partial charge is 0.454 e. The number of furan rings is 1. The van der Waals surface area contributed by atoms with Crippen molar-refractivity contribution in [3.05, 3.63) is 312 Å². The summed E-state index contributed by atoms with van der Waals surface area (Å²) in [6, 6.07) is 103. The lowest BCUT2D eigenvalue weighted by atomic mass is 9.67. The van der Waals surface area contributed by atoms with Gasteiger partial charge in [-0.25, -0.2) is 0 Å². The van der Waals surface area contributed by atoms with E-state index in [2.05, 4.69) is 303 Å². The SMILES string of the molecule is CC.CC1(C)c2cc(-c3cc(N(c4ccccc4)c4ccccc4)cc(N(c4ccc5c(c4)C(c4ccccc4)(c4ccccc4)c4ccccc4-5)c4cccc5c4oc4ccccc45)c3)ccc2-c2ccc3ccccc3c21. The van der Waals surface area contributed by atoms with Crippen LogP contribution in [0.1, 0.15) is 61.1 Å². The van der Waals surface area contributed by atoms with Crippen molar-refractivity contribution in [2.75, 3.05) is 9.80 Å². The summed E-state index contributed by atoms with van der Waals surface area (Å²) in [7, 11) is 0. The zero-order valence-corrected chi connectivity index (χ0v) is 44.9. The van der Waals surface area contributed by atoms with Crippen LogP contribution in [-0.4, -0.2) is 0 Å². The minimum atomic E-state index is -0.605. The molecule has 0 bridgehead atoms. The van der Waals surface area contributed by atoms with Crippen LogP contribution in [0.15, 0.2) is 283 Å². The molecule has 0 spiro atoms. The van der Waals surface area contributed by atoms with Gasteiger partial charge in [0, 0.05) is 44.6 Å². The molecule has 0 amide bonds. The van der Waals surface area contributed by atoms with Crippen molar-refractivity contribution >= 4 is 66.8 Å². The van der Waals surface area contributed by atoms with E-state index in [1.807, 2.05) is 13.8 Å². The lowest BCUT2D eigenvalue weighted by molar-refractivity contribution is 0.666. The highest BCUT2D eigenvalue weighted by Crippen LogP contribution is 2.58. The van der Waals surface area contributed by atoms with E-state index in [9.17, 15) is 0 Å². The van der Waals surface area contributed by atoms with E-state index in [1.54, 1.807) is 0 Å². The van der Waals surface area contributed by atoms with Gasteiger partial charge in [-0.2, -0.15) is 0 Å². The Balaban J connectivity index is 0.00000279. The molecule has 0 aliphatic heterocycles. The molecular weight excluding hydrogens is 957 g/mol. The second kappa shape index (κ2) is 19.1.